The lowest BCUT2D eigenvalue weighted by molar-refractivity contribution is -0.141. The molecule has 2 rings (SSSR count). The monoisotopic (exact) mass is 356 g/mol. The minimum absolute atomic E-state index is 0.102. The fraction of sp³-hybridized carbons (Fsp3) is 0.211. The van der Waals surface area contributed by atoms with Crippen LogP contribution in [0.1, 0.15) is 15.9 Å². The molecular formula is C19H20N2O5. The molecule has 2 amide bonds. The van der Waals surface area contributed by atoms with Crippen molar-refractivity contribution < 1.29 is 24.2 Å². The predicted molar refractivity (Wildman–Crippen MR) is 95.0 cm³/mol. The third-order valence-electron chi connectivity index (χ3n) is 3.65. The minimum Gasteiger partial charge on any atom is -0.497 e. The van der Waals surface area contributed by atoms with E-state index in [-0.39, 0.29) is 13.0 Å². The molecule has 26 heavy (non-hydrogen) atoms. The number of carbonyl (C=O) groups excluding carboxylic acids is 2. The smallest absolute Gasteiger partial charge is 0.326 e. The lowest BCUT2D eigenvalue weighted by Crippen LogP contribution is -2.46. The molecule has 3 N–H and O–H groups in total. The summed E-state index contributed by atoms with van der Waals surface area (Å²) >= 11 is 0. The highest BCUT2D eigenvalue weighted by Crippen LogP contribution is 2.14. The first kappa shape index (κ1) is 19.0. The summed E-state index contributed by atoms with van der Waals surface area (Å²) in [5.41, 5.74) is 1.14. The summed E-state index contributed by atoms with van der Waals surface area (Å²) in [6, 6.07) is 14.3. The van der Waals surface area contributed by atoms with Gasteiger partial charge < -0.3 is 20.5 Å². The van der Waals surface area contributed by atoms with Crippen LogP contribution in [-0.4, -0.2) is 42.6 Å². The zero-order valence-corrected chi connectivity index (χ0v) is 14.3. The number of benzene rings is 2. The zero-order chi connectivity index (χ0) is 18.9. The molecule has 2 aromatic rings. The summed E-state index contributed by atoms with van der Waals surface area (Å²) in [5, 5.41) is 14.2. The van der Waals surface area contributed by atoms with Crippen molar-refractivity contribution in [2.75, 3.05) is 13.7 Å². The maximum absolute atomic E-state index is 12.0. The van der Waals surface area contributed by atoms with E-state index in [1.54, 1.807) is 54.6 Å². The van der Waals surface area contributed by atoms with Crippen molar-refractivity contribution in [1.82, 2.24) is 10.6 Å². The van der Waals surface area contributed by atoms with Crippen LogP contribution in [0.15, 0.2) is 54.6 Å². The van der Waals surface area contributed by atoms with E-state index in [2.05, 4.69) is 10.6 Å². The van der Waals surface area contributed by atoms with Crippen LogP contribution in [-0.2, 0) is 16.0 Å². The SMILES string of the molecule is COc1cccc(C[C@H](NC(=O)CNC(=O)c2ccccc2)C(=O)O)c1. The van der Waals surface area contributed by atoms with Gasteiger partial charge in [0.2, 0.25) is 5.91 Å². The molecule has 0 saturated heterocycles. The number of hydrogen-bond acceptors (Lipinski definition) is 4. The molecule has 7 heteroatoms. The Morgan fingerprint density at radius 1 is 1.08 bits per heavy atom. The third-order valence-corrected chi connectivity index (χ3v) is 3.65. The van der Waals surface area contributed by atoms with Crippen molar-refractivity contribution in [3.8, 4) is 5.75 Å². The number of nitrogens with one attached hydrogen (secondary N) is 2. The molecule has 0 aliphatic carbocycles. The second-order valence-corrected chi connectivity index (χ2v) is 5.56. The molecule has 0 fully saturated rings. The van der Waals surface area contributed by atoms with E-state index in [1.165, 1.54) is 7.11 Å². The largest absolute Gasteiger partial charge is 0.497 e. The molecule has 2 aromatic carbocycles. The standard InChI is InChI=1S/C19H20N2O5/c1-26-15-9-5-6-13(10-15)11-16(19(24)25)21-17(22)12-20-18(23)14-7-3-2-4-8-14/h2-10,16H,11-12H2,1H3,(H,20,23)(H,21,22)(H,24,25)/t16-/m0/s1. The van der Waals surface area contributed by atoms with Gasteiger partial charge in [0.1, 0.15) is 11.8 Å². The number of carboxylic acids is 1. The molecule has 0 aliphatic heterocycles. The van der Waals surface area contributed by atoms with Crippen molar-refractivity contribution in [2.24, 2.45) is 0 Å². The van der Waals surface area contributed by atoms with E-state index in [0.29, 0.717) is 16.9 Å². The van der Waals surface area contributed by atoms with Gasteiger partial charge in [-0.15, -0.1) is 0 Å². The molecule has 0 spiro atoms. The van der Waals surface area contributed by atoms with Gasteiger partial charge in [-0.1, -0.05) is 30.3 Å². The molecule has 0 bridgehead atoms. The highest BCUT2D eigenvalue weighted by atomic mass is 16.5. The molecule has 0 aromatic heterocycles. The average molecular weight is 356 g/mol. The number of rotatable bonds is 8. The number of carboxylic acid groups (broad SMARTS) is 1. The van der Waals surface area contributed by atoms with Gasteiger partial charge in [0.15, 0.2) is 0 Å². The number of amides is 2. The number of hydrogen-bond donors (Lipinski definition) is 3. The topological polar surface area (TPSA) is 105 Å². The highest BCUT2D eigenvalue weighted by molar-refractivity contribution is 5.96. The summed E-state index contributed by atoms with van der Waals surface area (Å²) < 4.78 is 5.10. The Balaban J connectivity index is 1.91. The first-order valence-electron chi connectivity index (χ1n) is 7.98. The minimum atomic E-state index is -1.16. The Bertz CT molecular complexity index is 777. The first-order chi connectivity index (χ1) is 12.5. The van der Waals surface area contributed by atoms with Gasteiger partial charge in [0.05, 0.1) is 13.7 Å². The predicted octanol–water partition coefficient (Wildman–Crippen LogP) is 1.24. The van der Waals surface area contributed by atoms with Gasteiger partial charge in [0, 0.05) is 12.0 Å². The normalized spacial score (nSPS) is 11.3. The van der Waals surface area contributed by atoms with Crippen LogP contribution in [0.5, 0.6) is 5.75 Å². The quantitative estimate of drug-likeness (QED) is 0.660. The van der Waals surface area contributed by atoms with Crippen molar-refractivity contribution >= 4 is 17.8 Å². The van der Waals surface area contributed by atoms with Crippen LogP contribution < -0.4 is 15.4 Å². The molecule has 7 nitrogen and oxygen atoms in total. The number of methoxy groups -OCH3 is 1. The van der Waals surface area contributed by atoms with Gasteiger partial charge >= 0.3 is 5.97 Å². The van der Waals surface area contributed by atoms with E-state index < -0.39 is 23.8 Å². The second kappa shape index (κ2) is 9.22. The van der Waals surface area contributed by atoms with Crippen LogP contribution >= 0.6 is 0 Å². The van der Waals surface area contributed by atoms with E-state index in [4.69, 9.17) is 4.74 Å². The summed E-state index contributed by atoms with van der Waals surface area (Å²) in [4.78, 5) is 35.3. The van der Waals surface area contributed by atoms with Crippen molar-refractivity contribution in [1.29, 1.82) is 0 Å². The van der Waals surface area contributed by atoms with E-state index >= 15 is 0 Å². The average Bonchev–Trinajstić information content (AvgIpc) is 2.66. The van der Waals surface area contributed by atoms with E-state index in [9.17, 15) is 19.5 Å². The Morgan fingerprint density at radius 3 is 2.46 bits per heavy atom. The van der Waals surface area contributed by atoms with Crippen molar-refractivity contribution in [3.05, 3.63) is 65.7 Å². The van der Waals surface area contributed by atoms with Gasteiger partial charge in [0.25, 0.3) is 5.91 Å². The summed E-state index contributed by atoms with van der Waals surface area (Å²) in [5.74, 6) is -1.53. The Kier molecular flexibility index (Phi) is 6.73. The van der Waals surface area contributed by atoms with Gasteiger partial charge in [-0.05, 0) is 29.8 Å². The molecule has 0 heterocycles. The third kappa shape index (κ3) is 5.62. The fourth-order valence-electron chi connectivity index (χ4n) is 2.33. The Hall–Kier alpha value is -3.35. The molecule has 0 aliphatic rings. The van der Waals surface area contributed by atoms with Gasteiger partial charge in [-0.25, -0.2) is 4.79 Å². The maximum Gasteiger partial charge on any atom is 0.326 e. The lowest BCUT2D eigenvalue weighted by Gasteiger charge is -2.15. The van der Waals surface area contributed by atoms with Crippen LogP contribution in [0, 0.1) is 0 Å². The van der Waals surface area contributed by atoms with Gasteiger partial charge in [-0.3, -0.25) is 9.59 Å². The summed E-state index contributed by atoms with van der Waals surface area (Å²) in [7, 11) is 1.52. The van der Waals surface area contributed by atoms with Crippen LogP contribution in [0.2, 0.25) is 0 Å². The molecule has 0 saturated carbocycles. The summed E-state index contributed by atoms with van der Waals surface area (Å²) in [6.07, 6.45) is 0.102. The maximum atomic E-state index is 12.0. The fourth-order valence-corrected chi connectivity index (χ4v) is 2.33. The second-order valence-electron chi connectivity index (χ2n) is 5.56. The molecular weight excluding hydrogens is 336 g/mol. The molecule has 1 atom stereocenters. The van der Waals surface area contributed by atoms with E-state index in [1.807, 2.05) is 0 Å². The van der Waals surface area contributed by atoms with Crippen molar-refractivity contribution in [3.63, 3.8) is 0 Å². The first-order valence-corrected chi connectivity index (χ1v) is 7.98. The summed E-state index contributed by atoms with van der Waals surface area (Å²) in [6.45, 7) is -0.310. The zero-order valence-electron chi connectivity index (χ0n) is 14.3. The Labute approximate surface area is 151 Å². The van der Waals surface area contributed by atoms with Crippen LogP contribution in [0.3, 0.4) is 0 Å². The molecule has 136 valence electrons. The highest BCUT2D eigenvalue weighted by Gasteiger charge is 2.21. The van der Waals surface area contributed by atoms with Crippen LogP contribution in [0.4, 0.5) is 0 Å². The number of ether oxygens (including phenoxy) is 1. The number of aliphatic carboxylic acids is 1. The lowest BCUT2D eigenvalue weighted by atomic mass is 10.1. The number of carbonyl (C=O) groups is 3. The van der Waals surface area contributed by atoms with Crippen molar-refractivity contribution in [2.45, 2.75) is 12.5 Å². The van der Waals surface area contributed by atoms with E-state index in [0.717, 1.165) is 0 Å². The van der Waals surface area contributed by atoms with Gasteiger partial charge in [-0.2, -0.15) is 0 Å². The molecule has 0 unspecified atom stereocenters. The molecule has 0 radical (unpaired) electrons. The van der Waals surface area contributed by atoms with Crippen LogP contribution in [0.25, 0.3) is 0 Å². The Morgan fingerprint density at radius 2 is 1.81 bits per heavy atom.